The van der Waals surface area contributed by atoms with Gasteiger partial charge in [-0.2, -0.15) is 0 Å². The summed E-state index contributed by atoms with van der Waals surface area (Å²) in [5, 5.41) is 9.07. The van der Waals surface area contributed by atoms with Crippen LogP contribution in [0.15, 0.2) is 24.3 Å². The molecular formula is C15H16O4. The molecule has 3 atom stereocenters. The minimum Gasteiger partial charge on any atom is -0.478 e. The Bertz CT molecular complexity index is 523. The van der Waals surface area contributed by atoms with Crippen LogP contribution in [0.5, 0.6) is 0 Å². The van der Waals surface area contributed by atoms with E-state index in [1.54, 1.807) is 12.1 Å². The molecule has 0 saturated heterocycles. The van der Waals surface area contributed by atoms with Crippen LogP contribution in [0.3, 0.4) is 0 Å². The molecule has 1 aromatic carbocycles. The fourth-order valence-corrected chi connectivity index (χ4v) is 3.38. The summed E-state index contributed by atoms with van der Waals surface area (Å²) in [4.78, 5) is 23.2. The molecule has 0 aromatic heterocycles. The lowest BCUT2D eigenvalue weighted by atomic mass is 9.97. The average molecular weight is 260 g/mol. The third-order valence-electron chi connectivity index (χ3n) is 4.31. The van der Waals surface area contributed by atoms with Gasteiger partial charge in [0.25, 0.3) is 0 Å². The lowest BCUT2D eigenvalue weighted by Gasteiger charge is -2.22. The Balaban J connectivity index is 1.76. The second kappa shape index (κ2) is 4.68. The SMILES string of the molecule is O=C(O)c1ccccc1C(=O)O[C@H]1C[C@@H]2CC[C@@H]1C2. The number of hydrogen-bond donors (Lipinski definition) is 1. The summed E-state index contributed by atoms with van der Waals surface area (Å²) in [5.41, 5.74) is 0.161. The van der Waals surface area contributed by atoms with E-state index in [0.29, 0.717) is 11.8 Å². The second-order valence-corrected chi connectivity index (χ2v) is 5.47. The van der Waals surface area contributed by atoms with Crippen molar-refractivity contribution >= 4 is 11.9 Å². The molecule has 4 heteroatoms. The number of benzene rings is 1. The van der Waals surface area contributed by atoms with Gasteiger partial charge in [-0.1, -0.05) is 12.1 Å². The highest BCUT2D eigenvalue weighted by molar-refractivity contribution is 6.02. The van der Waals surface area contributed by atoms with Gasteiger partial charge in [-0.15, -0.1) is 0 Å². The van der Waals surface area contributed by atoms with E-state index in [2.05, 4.69) is 0 Å². The zero-order valence-electron chi connectivity index (χ0n) is 10.5. The van der Waals surface area contributed by atoms with E-state index in [1.807, 2.05) is 0 Å². The largest absolute Gasteiger partial charge is 0.478 e. The van der Waals surface area contributed by atoms with Crippen LogP contribution in [0.25, 0.3) is 0 Å². The summed E-state index contributed by atoms with van der Waals surface area (Å²) in [6.07, 6.45) is 4.44. The fourth-order valence-electron chi connectivity index (χ4n) is 3.38. The number of carbonyl (C=O) groups excluding carboxylic acids is 1. The van der Waals surface area contributed by atoms with Crippen molar-refractivity contribution in [3.63, 3.8) is 0 Å². The molecule has 1 aromatic rings. The highest BCUT2D eigenvalue weighted by Crippen LogP contribution is 2.46. The standard InChI is InChI=1S/C15H16O4/c16-14(17)11-3-1-2-4-12(11)15(18)19-13-8-9-5-6-10(13)7-9/h1-4,9-10,13H,5-8H2,(H,16,17)/t9-,10-,13+/m1/s1. The number of carboxylic acids is 1. The van der Waals surface area contributed by atoms with Crippen LogP contribution >= 0.6 is 0 Å². The smallest absolute Gasteiger partial charge is 0.339 e. The molecule has 0 spiro atoms. The van der Waals surface area contributed by atoms with E-state index in [9.17, 15) is 9.59 Å². The number of hydrogen-bond acceptors (Lipinski definition) is 3. The van der Waals surface area contributed by atoms with Crippen molar-refractivity contribution in [3.05, 3.63) is 35.4 Å². The van der Waals surface area contributed by atoms with Gasteiger partial charge >= 0.3 is 11.9 Å². The van der Waals surface area contributed by atoms with Gasteiger partial charge in [0.15, 0.2) is 0 Å². The maximum atomic E-state index is 12.1. The Labute approximate surface area is 111 Å². The van der Waals surface area contributed by atoms with E-state index in [1.165, 1.54) is 18.6 Å². The van der Waals surface area contributed by atoms with Crippen LogP contribution in [-0.4, -0.2) is 23.1 Å². The summed E-state index contributed by atoms with van der Waals surface area (Å²) >= 11 is 0. The molecular weight excluding hydrogens is 244 g/mol. The van der Waals surface area contributed by atoms with Gasteiger partial charge in [-0.3, -0.25) is 0 Å². The van der Waals surface area contributed by atoms with E-state index in [4.69, 9.17) is 9.84 Å². The topological polar surface area (TPSA) is 63.6 Å². The number of esters is 1. The molecule has 2 saturated carbocycles. The van der Waals surface area contributed by atoms with E-state index >= 15 is 0 Å². The Morgan fingerprint density at radius 2 is 1.84 bits per heavy atom. The minimum absolute atomic E-state index is 0.00987. The maximum Gasteiger partial charge on any atom is 0.339 e. The number of fused-ring (bicyclic) bond motifs is 2. The van der Waals surface area contributed by atoms with Crippen LogP contribution in [0.2, 0.25) is 0 Å². The monoisotopic (exact) mass is 260 g/mol. The van der Waals surface area contributed by atoms with E-state index < -0.39 is 11.9 Å². The van der Waals surface area contributed by atoms with E-state index in [-0.39, 0.29) is 17.2 Å². The van der Waals surface area contributed by atoms with Crippen LogP contribution in [0.1, 0.15) is 46.4 Å². The molecule has 2 fully saturated rings. The Morgan fingerprint density at radius 3 is 2.42 bits per heavy atom. The highest BCUT2D eigenvalue weighted by atomic mass is 16.5. The summed E-state index contributed by atoms with van der Waals surface area (Å²) in [6, 6.07) is 6.21. The zero-order chi connectivity index (χ0) is 13.4. The van der Waals surface area contributed by atoms with E-state index in [0.717, 1.165) is 19.3 Å². The molecule has 19 heavy (non-hydrogen) atoms. The average Bonchev–Trinajstić information content (AvgIpc) is 3.01. The third-order valence-corrected chi connectivity index (χ3v) is 4.31. The summed E-state index contributed by atoms with van der Waals surface area (Å²) in [5.74, 6) is -0.431. The molecule has 3 rings (SSSR count). The van der Waals surface area contributed by atoms with Gasteiger partial charge in [0.05, 0.1) is 11.1 Å². The van der Waals surface area contributed by atoms with Crippen LogP contribution in [-0.2, 0) is 4.74 Å². The molecule has 2 bridgehead atoms. The lowest BCUT2D eigenvalue weighted by Crippen LogP contribution is -2.25. The number of rotatable bonds is 3. The third kappa shape index (κ3) is 2.23. The first-order valence-corrected chi connectivity index (χ1v) is 6.68. The van der Waals surface area contributed by atoms with Gasteiger partial charge in [0.1, 0.15) is 6.10 Å². The molecule has 0 aliphatic heterocycles. The Hall–Kier alpha value is -1.84. The molecule has 2 aliphatic carbocycles. The molecule has 0 radical (unpaired) electrons. The summed E-state index contributed by atoms with van der Waals surface area (Å²) in [7, 11) is 0. The number of carboxylic acid groups (broad SMARTS) is 1. The van der Waals surface area contributed by atoms with Gasteiger partial charge in [0, 0.05) is 0 Å². The normalized spacial score (nSPS) is 28.3. The summed E-state index contributed by atoms with van der Waals surface area (Å²) < 4.78 is 5.52. The van der Waals surface area contributed by atoms with Crippen molar-refractivity contribution in [2.45, 2.75) is 31.8 Å². The molecule has 0 unspecified atom stereocenters. The van der Waals surface area contributed by atoms with Crippen LogP contribution < -0.4 is 0 Å². The van der Waals surface area contributed by atoms with Crippen molar-refractivity contribution in [1.29, 1.82) is 0 Å². The van der Waals surface area contributed by atoms with Gasteiger partial charge in [-0.25, -0.2) is 9.59 Å². The van der Waals surface area contributed by atoms with Crippen molar-refractivity contribution in [1.82, 2.24) is 0 Å². The first kappa shape index (κ1) is 12.2. The van der Waals surface area contributed by atoms with Crippen LogP contribution in [0.4, 0.5) is 0 Å². The van der Waals surface area contributed by atoms with Gasteiger partial charge < -0.3 is 9.84 Å². The Kier molecular flexibility index (Phi) is 3.01. The van der Waals surface area contributed by atoms with Crippen LogP contribution in [0, 0.1) is 11.8 Å². The van der Waals surface area contributed by atoms with Gasteiger partial charge in [0.2, 0.25) is 0 Å². The Morgan fingerprint density at radius 1 is 1.11 bits per heavy atom. The molecule has 4 nitrogen and oxygen atoms in total. The van der Waals surface area contributed by atoms with Crippen molar-refractivity contribution in [2.75, 3.05) is 0 Å². The highest BCUT2D eigenvalue weighted by Gasteiger charge is 2.42. The molecule has 1 N–H and O–H groups in total. The molecule has 0 amide bonds. The quantitative estimate of drug-likeness (QED) is 0.849. The molecule has 0 heterocycles. The number of aromatic carboxylic acids is 1. The van der Waals surface area contributed by atoms with Gasteiger partial charge in [-0.05, 0) is 49.7 Å². The predicted octanol–water partition coefficient (Wildman–Crippen LogP) is 2.73. The maximum absolute atomic E-state index is 12.1. The van der Waals surface area contributed by atoms with Crippen molar-refractivity contribution in [2.24, 2.45) is 11.8 Å². The minimum atomic E-state index is -1.10. The summed E-state index contributed by atoms with van der Waals surface area (Å²) in [6.45, 7) is 0. The van der Waals surface area contributed by atoms with Crippen molar-refractivity contribution < 1.29 is 19.4 Å². The lowest BCUT2D eigenvalue weighted by molar-refractivity contribution is 0.0154. The first-order chi connectivity index (χ1) is 9.15. The molecule has 2 aliphatic rings. The first-order valence-electron chi connectivity index (χ1n) is 6.68. The number of carbonyl (C=O) groups is 2. The predicted molar refractivity (Wildman–Crippen MR) is 68.1 cm³/mol. The fraction of sp³-hybridized carbons (Fsp3) is 0.467. The second-order valence-electron chi connectivity index (χ2n) is 5.47. The number of ether oxygens (including phenoxy) is 1. The van der Waals surface area contributed by atoms with Crippen molar-refractivity contribution in [3.8, 4) is 0 Å². The molecule has 100 valence electrons. The zero-order valence-corrected chi connectivity index (χ0v) is 10.5.